The highest BCUT2D eigenvalue weighted by Gasteiger charge is 2.14. The van der Waals surface area contributed by atoms with Crippen molar-refractivity contribution in [2.24, 2.45) is 5.92 Å². The molecule has 0 bridgehead atoms. The second-order valence-electron chi connectivity index (χ2n) is 8.91. The van der Waals surface area contributed by atoms with Gasteiger partial charge in [-0.3, -0.25) is 0 Å². The van der Waals surface area contributed by atoms with E-state index in [1.165, 1.54) is 49.7 Å². The van der Waals surface area contributed by atoms with Gasteiger partial charge in [-0.25, -0.2) is 0 Å². The third-order valence-corrected chi connectivity index (χ3v) is 6.47. The van der Waals surface area contributed by atoms with Crippen molar-refractivity contribution in [2.45, 2.75) is 83.0 Å². The van der Waals surface area contributed by atoms with Crippen LogP contribution in [-0.4, -0.2) is 23.4 Å². The maximum atomic E-state index is 9.25. The number of hydrogen-bond acceptors (Lipinski definition) is 2. The average Bonchev–Trinajstić information content (AvgIpc) is 2.80. The second-order valence-corrected chi connectivity index (χ2v) is 8.91. The molecule has 2 nitrogen and oxygen atoms in total. The van der Waals surface area contributed by atoms with E-state index < -0.39 is 0 Å². The summed E-state index contributed by atoms with van der Waals surface area (Å²) >= 11 is 0. The van der Waals surface area contributed by atoms with Crippen molar-refractivity contribution in [3.63, 3.8) is 0 Å². The number of aliphatic hydroxyl groups is 2. The molecular formula is C28H42O2. The van der Waals surface area contributed by atoms with E-state index in [2.05, 4.69) is 67.6 Å². The molecule has 3 unspecified atom stereocenters. The molecular weight excluding hydrogens is 368 g/mol. The van der Waals surface area contributed by atoms with Crippen LogP contribution in [0.4, 0.5) is 0 Å². The maximum absolute atomic E-state index is 9.25. The Bertz CT molecular complexity index is 640. The molecule has 0 radical (unpaired) electrons. The first-order chi connectivity index (χ1) is 14.7. The topological polar surface area (TPSA) is 40.5 Å². The standard InChI is InChI=1S/C28H42O2/c1-24(20-21-28(19-11-23-30)26-15-6-3-7-16-26)12-8-9-17-27(18-10-22-29)25-13-4-2-5-14-25/h2-7,13-16,24,27-30H,8-12,17-23H2,1H3. The van der Waals surface area contributed by atoms with Gasteiger partial charge in [0.1, 0.15) is 0 Å². The van der Waals surface area contributed by atoms with Crippen LogP contribution in [0, 0.1) is 5.92 Å². The fraction of sp³-hybridized carbons (Fsp3) is 0.571. The highest BCUT2D eigenvalue weighted by atomic mass is 16.3. The molecule has 0 amide bonds. The van der Waals surface area contributed by atoms with Gasteiger partial charge in [0, 0.05) is 13.2 Å². The van der Waals surface area contributed by atoms with Crippen LogP contribution in [0.1, 0.15) is 94.1 Å². The highest BCUT2D eigenvalue weighted by Crippen LogP contribution is 2.30. The van der Waals surface area contributed by atoms with Crippen LogP contribution in [-0.2, 0) is 0 Å². The lowest BCUT2D eigenvalue weighted by molar-refractivity contribution is 0.276. The van der Waals surface area contributed by atoms with Crippen LogP contribution in [0.5, 0.6) is 0 Å². The molecule has 2 rings (SSSR count). The van der Waals surface area contributed by atoms with Gasteiger partial charge in [-0.1, -0.05) is 93.3 Å². The van der Waals surface area contributed by atoms with E-state index in [1.54, 1.807) is 0 Å². The number of aliphatic hydroxyl groups excluding tert-OH is 2. The zero-order valence-electron chi connectivity index (χ0n) is 18.9. The summed E-state index contributed by atoms with van der Waals surface area (Å²) in [4.78, 5) is 0. The van der Waals surface area contributed by atoms with E-state index >= 15 is 0 Å². The smallest absolute Gasteiger partial charge is 0.0431 e. The van der Waals surface area contributed by atoms with Crippen molar-refractivity contribution in [3.8, 4) is 0 Å². The third-order valence-electron chi connectivity index (χ3n) is 6.47. The molecule has 0 aliphatic carbocycles. The van der Waals surface area contributed by atoms with Gasteiger partial charge in [-0.15, -0.1) is 0 Å². The van der Waals surface area contributed by atoms with Crippen LogP contribution in [0.25, 0.3) is 0 Å². The lowest BCUT2D eigenvalue weighted by atomic mass is 9.85. The minimum Gasteiger partial charge on any atom is -0.396 e. The van der Waals surface area contributed by atoms with Crippen LogP contribution < -0.4 is 0 Å². The Hall–Kier alpha value is -1.64. The summed E-state index contributed by atoms with van der Waals surface area (Å²) in [5.41, 5.74) is 2.85. The van der Waals surface area contributed by atoms with E-state index in [4.69, 9.17) is 0 Å². The Kier molecular flexibility index (Phi) is 12.5. The van der Waals surface area contributed by atoms with Crippen molar-refractivity contribution in [2.75, 3.05) is 13.2 Å². The van der Waals surface area contributed by atoms with Crippen molar-refractivity contribution in [1.82, 2.24) is 0 Å². The largest absolute Gasteiger partial charge is 0.396 e. The Morgan fingerprint density at radius 2 is 0.967 bits per heavy atom. The second kappa shape index (κ2) is 15.2. The van der Waals surface area contributed by atoms with Gasteiger partial charge in [0.05, 0.1) is 0 Å². The lowest BCUT2D eigenvalue weighted by Crippen LogP contribution is -2.05. The molecule has 0 saturated carbocycles. The fourth-order valence-electron chi connectivity index (χ4n) is 4.59. The molecule has 0 saturated heterocycles. The molecule has 2 heteroatoms. The SMILES string of the molecule is CC(CCCCC(CCCO)c1ccccc1)CCC(CCCO)c1ccccc1. The van der Waals surface area contributed by atoms with Crippen LogP contribution >= 0.6 is 0 Å². The van der Waals surface area contributed by atoms with Gasteiger partial charge < -0.3 is 10.2 Å². The number of benzene rings is 2. The van der Waals surface area contributed by atoms with Crippen molar-refractivity contribution < 1.29 is 10.2 Å². The molecule has 0 aliphatic heterocycles. The molecule has 2 aromatic carbocycles. The van der Waals surface area contributed by atoms with Gasteiger partial charge >= 0.3 is 0 Å². The number of hydrogen-bond donors (Lipinski definition) is 2. The van der Waals surface area contributed by atoms with Gasteiger partial charge in [-0.05, 0) is 67.4 Å². The lowest BCUT2D eigenvalue weighted by Gasteiger charge is -2.20. The summed E-state index contributed by atoms with van der Waals surface area (Å²) in [6, 6.07) is 21.6. The monoisotopic (exact) mass is 410 g/mol. The molecule has 3 atom stereocenters. The van der Waals surface area contributed by atoms with Crippen molar-refractivity contribution in [1.29, 1.82) is 0 Å². The minimum absolute atomic E-state index is 0.289. The van der Waals surface area contributed by atoms with Crippen molar-refractivity contribution in [3.05, 3.63) is 71.8 Å². The Balaban J connectivity index is 1.72. The maximum Gasteiger partial charge on any atom is 0.0431 e. The number of unbranched alkanes of at least 4 members (excludes halogenated alkanes) is 1. The molecule has 2 aromatic rings. The molecule has 30 heavy (non-hydrogen) atoms. The molecule has 0 fully saturated rings. The Morgan fingerprint density at radius 1 is 0.533 bits per heavy atom. The Morgan fingerprint density at radius 3 is 1.47 bits per heavy atom. The molecule has 0 aromatic heterocycles. The molecule has 0 heterocycles. The molecule has 2 N–H and O–H groups in total. The van der Waals surface area contributed by atoms with Crippen LogP contribution in [0.2, 0.25) is 0 Å². The zero-order valence-corrected chi connectivity index (χ0v) is 18.9. The molecule has 166 valence electrons. The van der Waals surface area contributed by atoms with E-state index in [0.29, 0.717) is 18.4 Å². The molecule has 0 spiro atoms. The summed E-state index contributed by atoms with van der Waals surface area (Å²) in [6.07, 6.45) is 11.5. The summed E-state index contributed by atoms with van der Waals surface area (Å²) < 4.78 is 0. The summed E-state index contributed by atoms with van der Waals surface area (Å²) in [7, 11) is 0. The zero-order chi connectivity index (χ0) is 21.4. The van der Waals surface area contributed by atoms with Gasteiger partial charge in [0.15, 0.2) is 0 Å². The van der Waals surface area contributed by atoms with Crippen LogP contribution in [0.3, 0.4) is 0 Å². The summed E-state index contributed by atoms with van der Waals surface area (Å²) in [5, 5.41) is 18.5. The van der Waals surface area contributed by atoms with E-state index in [0.717, 1.165) is 31.6 Å². The minimum atomic E-state index is 0.289. The first-order valence-corrected chi connectivity index (χ1v) is 12.1. The van der Waals surface area contributed by atoms with Crippen molar-refractivity contribution >= 4 is 0 Å². The van der Waals surface area contributed by atoms with E-state index in [9.17, 15) is 10.2 Å². The van der Waals surface area contributed by atoms with E-state index in [1.807, 2.05) is 0 Å². The quantitative estimate of drug-likeness (QED) is 0.290. The average molecular weight is 411 g/mol. The van der Waals surface area contributed by atoms with Gasteiger partial charge in [0.25, 0.3) is 0 Å². The first kappa shape index (κ1) is 24.6. The predicted octanol–water partition coefficient (Wildman–Crippen LogP) is 7.08. The predicted molar refractivity (Wildman–Crippen MR) is 128 cm³/mol. The number of rotatable bonds is 16. The Labute approximate surface area is 184 Å². The van der Waals surface area contributed by atoms with Gasteiger partial charge in [0.2, 0.25) is 0 Å². The van der Waals surface area contributed by atoms with Gasteiger partial charge in [-0.2, -0.15) is 0 Å². The van der Waals surface area contributed by atoms with Crippen LogP contribution in [0.15, 0.2) is 60.7 Å². The summed E-state index contributed by atoms with van der Waals surface area (Å²) in [5.74, 6) is 1.90. The fourth-order valence-corrected chi connectivity index (χ4v) is 4.59. The molecule has 0 aliphatic rings. The summed E-state index contributed by atoms with van der Waals surface area (Å²) in [6.45, 7) is 2.98. The third kappa shape index (κ3) is 9.45. The normalized spacial score (nSPS) is 14.4. The highest BCUT2D eigenvalue weighted by molar-refractivity contribution is 5.20. The van der Waals surface area contributed by atoms with E-state index in [-0.39, 0.29) is 6.61 Å². The first-order valence-electron chi connectivity index (χ1n) is 12.1.